The van der Waals surface area contributed by atoms with Gasteiger partial charge < -0.3 is 5.32 Å². The summed E-state index contributed by atoms with van der Waals surface area (Å²) in [7, 11) is 0. The van der Waals surface area contributed by atoms with E-state index in [0.29, 0.717) is 12.0 Å². The second-order valence-corrected chi connectivity index (χ2v) is 4.91. The molecule has 0 heterocycles. The van der Waals surface area contributed by atoms with E-state index < -0.39 is 11.6 Å². The van der Waals surface area contributed by atoms with Gasteiger partial charge in [0.25, 0.3) is 0 Å². The minimum absolute atomic E-state index is 0.150. The molecule has 1 aromatic rings. The maximum absolute atomic E-state index is 13.4. The fourth-order valence-electron chi connectivity index (χ4n) is 2.59. The van der Waals surface area contributed by atoms with Crippen molar-refractivity contribution >= 4 is 0 Å². The molecule has 3 heteroatoms. The van der Waals surface area contributed by atoms with Gasteiger partial charge in [-0.25, -0.2) is 8.78 Å². The summed E-state index contributed by atoms with van der Waals surface area (Å²) in [5.74, 6) is -0.267. The molecule has 1 N–H and O–H groups in total. The lowest BCUT2D eigenvalue weighted by Crippen LogP contribution is -2.32. The predicted octanol–water partition coefficient (Wildman–Crippen LogP) is 3.63. The Hall–Kier alpha value is -0.960. The molecule has 2 rings (SSSR count). The summed E-state index contributed by atoms with van der Waals surface area (Å²) < 4.78 is 26.8. The molecule has 0 bridgehead atoms. The second-order valence-electron chi connectivity index (χ2n) is 4.91. The number of halogens is 2. The monoisotopic (exact) mass is 239 g/mol. The number of rotatable bonds is 4. The van der Waals surface area contributed by atoms with Gasteiger partial charge in [-0.1, -0.05) is 18.9 Å². The number of hydrogen-bond acceptors (Lipinski definition) is 1. The molecule has 94 valence electrons. The van der Waals surface area contributed by atoms with E-state index in [1.807, 2.05) is 0 Å². The van der Waals surface area contributed by atoms with Gasteiger partial charge in [-0.15, -0.1) is 0 Å². The number of benzene rings is 1. The van der Waals surface area contributed by atoms with Crippen LogP contribution in [0.1, 0.15) is 38.2 Å². The first-order chi connectivity index (χ1) is 8.18. The molecule has 0 amide bonds. The van der Waals surface area contributed by atoms with E-state index >= 15 is 0 Å². The molecule has 0 unspecified atom stereocenters. The van der Waals surface area contributed by atoms with Crippen molar-refractivity contribution in [3.63, 3.8) is 0 Å². The first-order valence-electron chi connectivity index (χ1n) is 6.34. The first-order valence-corrected chi connectivity index (χ1v) is 6.34. The van der Waals surface area contributed by atoms with Gasteiger partial charge in [0.1, 0.15) is 11.6 Å². The van der Waals surface area contributed by atoms with Gasteiger partial charge in [-0.3, -0.25) is 0 Å². The van der Waals surface area contributed by atoms with Crippen LogP contribution in [0.3, 0.4) is 0 Å². The molecule has 1 aliphatic rings. The van der Waals surface area contributed by atoms with Crippen molar-refractivity contribution in [2.45, 2.75) is 45.2 Å². The number of nitrogens with one attached hydrogen (secondary N) is 1. The van der Waals surface area contributed by atoms with Gasteiger partial charge in [-0.2, -0.15) is 0 Å². The molecule has 0 radical (unpaired) electrons. The highest BCUT2D eigenvalue weighted by Gasteiger charge is 2.21. The largest absolute Gasteiger partial charge is 0.310 e. The molecule has 1 saturated carbocycles. The Morgan fingerprint density at radius 3 is 2.41 bits per heavy atom. The van der Waals surface area contributed by atoms with E-state index in [9.17, 15) is 8.78 Å². The van der Waals surface area contributed by atoms with Gasteiger partial charge in [0.05, 0.1) is 0 Å². The highest BCUT2D eigenvalue weighted by Crippen LogP contribution is 2.27. The Bertz CT molecular complexity index is 352. The summed E-state index contributed by atoms with van der Waals surface area (Å²) >= 11 is 0. The van der Waals surface area contributed by atoms with Gasteiger partial charge in [0.2, 0.25) is 0 Å². The Labute approximate surface area is 101 Å². The minimum atomic E-state index is -0.462. The molecule has 1 atom stereocenters. The van der Waals surface area contributed by atoms with Crippen molar-refractivity contribution in [1.82, 2.24) is 5.32 Å². The summed E-state index contributed by atoms with van der Waals surface area (Å²) in [4.78, 5) is 0. The average Bonchev–Trinajstić information content (AvgIpc) is 2.81. The van der Waals surface area contributed by atoms with Gasteiger partial charge in [0, 0.05) is 18.2 Å². The van der Waals surface area contributed by atoms with E-state index in [1.165, 1.54) is 43.9 Å². The molecule has 1 fully saturated rings. The van der Waals surface area contributed by atoms with Crippen molar-refractivity contribution in [3.8, 4) is 0 Å². The third-order valence-electron chi connectivity index (χ3n) is 3.77. The van der Waals surface area contributed by atoms with E-state index in [2.05, 4.69) is 12.2 Å². The molecule has 1 aliphatic carbocycles. The summed E-state index contributed by atoms with van der Waals surface area (Å²) in [6, 6.07) is 4.34. The first kappa shape index (κ1) is 12.5. The van der Waals surface area contributed by atoms with Crippen LogP contribution in [0.2, 0.25) is 0 Å². The van der Waals surface area contributed by atoms with Crippen LogP contribution in [-0.4, -0.2) is 6.04 Å². The average molecular weight is 239 g/mol. The van der Waals surface area contributed by atoms with Crippen LogP contribution < -0.4 is 5.32 Å². The van der Waals surface area contributed by atoms with Crippen molar-refractivity contribution in [2.75, 3.05) is 0 Å². The maximum Gasteiger partial charge on any atom is 0.130 e. The predicted molar refractivity (Wildman–Crippen MR) is 64.6 cm³/mol. The van der Waals surface area contributed by atoms with Crippen molar-refractivity contribution in [1.29, 1.82) is 0 Å². The lowest BCUT2D eigenvalue weighted by Gasteiger charge is -2.20. The van der Waals surface area contributed by atoms with Gasteiger partial charge >= 0.3 is 0 Å². The van der Waals surface area contributed by atoms with Crippen LogP contribution >= 0.6 is 0 Å². The van der Waals surface area contributed by atoms with Crippen LogP contribution in [0.5, 0.6) is 0 Å². The van der Waals surface area contributed by atoms with Crippen LogP contribution in [0.4, 0.5) is 8.78 Å². The fraction of sp³-hybridized carbons (Fsp3) is 0.571. The summed E-state index contributed by atoms with van der Waals surface area (Å²) in [5, 5.41) is 3.24. The molecule has 0 spiro atoms. The van der Waals surface area contributed by atoms with Crippen LogP contribution in [-0.2, 0) is 6.54 Å². The van der Waals surface area contributed by atoms with Crippen LogP contribution in [0, 0.1) is 17.6 Å². The van der Waals surface area contributed by atoms with E-state index in [4.69, 9.17) is 0 Å². The SMILES string of the molecule is C[C@H](NCc1c(F)cccc1F)C1CCCC1. The molecule has 0 saturated heterocycles. The van der Waals surface area contributed by atoms with E-state index in [1.54, 1.807) is 0 Å². The third kappa shape index (κ3) is 3.03. The van der Waals surface area contributed by atoms with Crippen LogP contribution in [0.15, 0.2) is 18.2 Å². The Morgan fingerprint density at radius 2 is 1.82 bits per heavy atom. The van der Waals surface area contributed by atoms with Crippen molar-refractivity contribution < 1.29 is 8.78 Å². The molecule has 1 nitrogen and oxygen atoms in total. The third-order valence-corrected chi connectivity index (χ3v) is 3.77. The minimum Gasteiger partial charge on any atom is -0.310 e. The molecule has 1 aromatic carbocycles. The zero-order valence-corrected chi connectivity index (χ0v) is 10.2. The normalized spacial score (nSPS) is 18.5. The molecule has 0 aromatic heterocycles. The topological polar surface area (TPSA) is 12.0 Å². The van der Waals surface area contributed by atoms with Crippen molar-refractivity contribution in [3.05, 3.63) is 35.4 Å². The summed E-state index contributed by atoms with van der Waals surface area (Å²) in [5.41, 5.74) is 0.150. The standard InChI is InChI=1S/C14H19F2N/c1-10(11-5-2-3-6-11)17-9-12-13(15)7-4-8-14(12)16/h4,7-8,10-11,17H,2-3,5-6,9H2,1H3/t10-/m0/s1. The lowest BCUT2D eigenvalue weighted by molar-refractivity contribution is 0.374. The summed E-state index contributed by atoms with van der Waals surface area (Å²) in [6.45, 7) is 2.38. The van der Waals surface area contributed by atoms with Crippen molar-refractivity contribution in [2.24, 2.45) is 5.92 Å². The molecular weight excluding hydrogens is 220 g/mol. The maximum atomic E-state index is 13.4. The van der Waals surface area contributed by atoms with Gasteiger partial charge in [0.15, 0.2) is 0 Å². The van der Waals surface area contributed by atoms with E-state index in [-0.39, 0.29) is 12.1 Å². The Kier molecular flexibility index (Phi) is 4.11. The molecule has 0 aliphatic heterocycles. The quantitative estimate of drug-likeness (QED) is 0.846. The van der Waals surface area contributed by atoms with E-state index in [0.717, 1.165) is 0 Å². The Morgan fingerprint density at radius 1 is 1.24 bits per heavy atom. The zero-order valence-electron chi connectivity index (χ0n) is 10.2. The van der Waals surface area contributed by atoms with Crippen LogP contribution in [0.25, 0.3) is 0 Å². The molecular formula is C14H19F2N. The summed E-state index contributed by atoms with van der Waals surface area (Å²) in [6.07, 6.45) is 5.03. The number of hydrogen-bond donors (Lipinski definition) is 1. The highest BCUT2D eigenvalue weighted by molar-refractivity contribution is 5.19. The fourth-order valence-corrected chi connectivity index (χ4v) is 2.59. The smallest absolute Gasteiger partial charge is 0.130 e. The highest BCUT2D eigenvalue weighted by atomic mass is 19.1. The van der Waals surface area contributed by atoms with Gasteiger partial charge in [-0.05, 0) is 37.8 Å². The Balaban J connectivity index is 1.92. The zero-order chi connectivity index (χ0) is 12.3. The molecule has 17 heavy (non-hydrogen) atoms. The second kappa shape index (κ2) is 5.58. The lowest BCUT2D eigenvalue weighted by atomic mass is 9.99.